The predicted molar refractivity (Wildman–Crippen MR) is 84.7 cm³/mol. The number of halogens is 6. The molecule has 6 heteroatoms. The van der Waals surface area contributed by atoms with Crippen LogP contribution in [0.15, 0.2) is 36.4 Å². The number of alkyl halides is 6. The van der Waals surface area contributed by atoms with Crippen molar-refractivity contribution in [2.45, 2.75) is 45.5 Å². The van der Waals surface area contributed by atoms with E-state index in [0.717, 1.165) is 24.3 Å². The fraction of sp³-hybridized carbons (Fsp3) is 0.368. The van der Waals surface area contributed by atoms with Gasteiger partial charge in [-0.15, -0.1) is 0 Å². The average Bonchev–Trinajstić information content (AvgIpc) is 2.39. The van der Waals surface area contributed by atoms with Crippen LogP contribution in [0.1, 0.15) is 33.4 Å². The Labute approximate surface area is 142 Å². The fourth-order valence-corrected chi connectivity index (χ4v) is 3.15. The van der Waals surface area contributed by atoms with E-state index in [1.54, 1.807) is 13.0 Å². The van der Waals surface area contributed by atoms with E-state index in [1.807, 2.05) is 0 Å². The largest absolute Gasteiger partial charge is 0.411 e. The second-order valence-corrected chi connectivity index (χ2v) is 6.42. The number of hydrogen-bond donors (Lipinski definition) is 0. The molecule has 0 heterocycles. The van der Waals surface area contributed by atoms with Crippen molar-refractivity contribution in [2.75, 3.05) is 0 Å². The zero-order valence-corrected chi connectivity index (χ0v) is 14.2. The molecule has 0 atom stereocenters. The van der Waals surface area contributed by atoms with Gasteiger partial charge in [0.1, 0.15) is 0 Å². The van der Waals surface area contributed by atoms with Crippen molar-refractivity contribution in [2.24, 2.45) is 0 Å². The molecule has 0 aliphatic heterocycles. The first-order chi connectivity index (χ1) is 11.3. The Balaban J connectivity index is 2.99. The minimum Gasteiger partial charge on any atom is -0.169 e. The molecule has 0 saturated carbocycles. The van der Waals surface area contributed by atoms with Crippen LogP contribution in [-0.2, 0) is 5.41 Å². The molecule has 2 aromatic rings. The maximum Gasteiger partial charge on any atom is 0.411 e. The first-order valence-electron chi connectivity index (χ1n) is 7.60. The lowest BCUT2D eigenvalue weighted by Crippen LogP contribution is -2.54. The first-order valence-corrected chi connectivity index (χ1v) is 7.60. The molecule has 0 aliphatic carbocycles. The van der Waals surface area contributed by atoms with Gasteiger partial charge in [-0.3, -0.25) is 0 Å². The van der Waals surface area contributed by atoms with E-state index < -0.39 is 28.9 Å². The highest BCUT2D eigenvalue weighted by Gasteiger charge is 2.72. The minimum absolute atomic E-state index is 0.344. The lowest BCUT2D eigenvalue weighted by molar-refractivity contribution is -0.288. The molecular formula is C19H18F6. The van der Waals surface area contributed by atoms with E-state index in [-0.39, 0.29) is 0 Å². The molecule has 0 N–H and O–H groups in total. The molecule has 2 aromatic carbocycles. The summed E-state index contributed by atoms with van der Waals surface area (Å²) in [4.78, 5) is 0. The maximum absolute atomic E-state index is 14.0. The van der Waals surface area contributed by atoms with Crippen LogP contribution in [0.4, 0.5) is 26.3 Å². The number of hydrogen-bond acceptors (Lipinski definition) is 0. The van der Waals surface area contributed by atoms with Crippen molar-refractivity contribution in [1.29, 1.82) is 0 Å². The van der Waals surface area contributed by atoms with Gasteiger partial charge in [-0.05, 0) is 49.9 Å². The Kier molecular flexibility index (Phi) is 4.70. The highest BCUT2D eigenvalue weighted by atomic mass is 19.4. The molecule has 0 spiro atoms. The molecule has 0 aliphatic rings. The Morgan fingerprint density at radius 2 is 1.04 bits per heavy atom. The molecule has 0 nitrogen and oxygen atoms in total. The Bertz CT molecular complexity index is 749. The minimum atomic E-state index is -5.55. The van der Waals surface area contributed by atoms with Gasteiger partial charge in [0.25, 0.3) is 0 Å². The molecule has 25 heavy (non-hydrogen) atoms. The van der Waals surface area contributed by atoms with Crippen molar-refractivity contribution >= 4 is 0 Å². The second kappa shape index (κ2) is 6.07. The zero-order chi connectivity index (χ0) is 19.2. The van der Waals surface area contributed by atoms with Crippen molar-refractivity contribution in [3.63, 3.8) is 0 Å². The standard InChI is InChI=1S/C19H18F6/c1-11-7-12(2)9-16(8-11)17(18(20,21)22,19(23,24)25)15-6-5-13(3)14(4)10-15/h5-10H,1-4H3. The SMILES string of the molecule is Cc1cc(C)cc(C(c2ccc(C)c(C)c2)(C(F)(F)F)C(F)(F)F)c1. The highest BCUT2D eigenvalue weighted by Crippen LogP contribution is 2.56. The lowest BCUT2D eigenvalue weighted by Gasteiger charge is -2.39. The third-order valence-corrected chi connectivity index (χ3v) is 4.45. The van der Waals surface area contributed by atoms with Crippen molar-refractivity contribution in [3.8, 4) is 0 Å². The van der Waals surface area contributed by atoms with E-state index in [4.69, 9.17) is 0 Å². The Hall–Kier alpha value is -1.98. The molecule has 136 valence electrons. The van der Waals surface area contributed by atoms with Gasteiger partial charge in [0, 0.05) is 0 Å². The summed E-state index contributed by atoms with van der Waals surface area (Å²) < 4.78 is 84.1. The fourth-order valence-electron chi connectivity index (χ4n) is 3.15. The van der Waals surface area contributed by atoms with Crippen LogP contribution in [-0.4, -0.2) is 12.4 Å². The van der Waals surface area contributed by atoms with Gasteiger partial charge in [0.05, 0.1) is 0 Å². The average molecular weight is 360 g/mol. The summed E-state index contributed by atoms with van der Waals surface area (Å²) in [6.07, 6.45) is -11.1. The van der Waals surface area contributed by atoms with E-state index in [0.29, 0.717) is 22.3 Å². The lowest BCUT2D eigenvalue weighted by atomic mass is 9.71. The smallest absolute Gasteiger partial charge is 0.169 e. The van der Waals surface area contributed by atoms with Gasteiger partial charge < -0.3 is 0 Å². The summed E-state index contributed by atoms with van der Waals surface area (Å²) in [5.74, 6) is 0. The van der Waals surface area contributed by atoms with E-state index in [2.05, 4.69) is 0 Å². The van der Waals surface area contributed by atoms with Crippen LogP contribution in [0, 0.1) is 27.7 Å². The molecular weight excluding hydrogens is 342 g/mol. The topological polar surface area (TPSA) is 0 Å². The molecule has 0 bridgehead atoms. The van der Waals surface area contributed by atoms with Crippen molar-refractivity contribution < 1.29 is 26.3 Å². The summed E-state index contributed by atoms with van der Waals surface area (Å²) in [5, 5.41) is 0. The monoisotopic (exact) mass is 360 g/mol. The molecule has 0 radical (unpaired) electrons. The second-order valence-electron chi connectivity index (χ2n) is 6.42. The Morgan fingerprint density at radius 1 is 0.560 bits per heavy atom. The zero-order valence-electron chi connectivity index (χ0n) is 14.2. The van der Waals surface area contributed by atoms with Gasteiger partial charge in [0.2, 0.25) is 5.41 Å². The number of benzene rings is 2. The molecule has 2 rings (SSSR count). The Morgan fingerprint density at radius 3 is 1.44 bits per heavy atom. The molecule has 0 fully saturated rings. The normalized spacial score (nSPS) is 13.2. The van der Waals surface area contributed by atoms with Gasteiger partial charge >= 0.3 is 12.4 Å². The van der Waals surface area contributed by atoms with Crippen LogP contribution in [0.25, 0.3) is 0 Å². The van der Waals surface area contributed by atoms with Crippen LogP contribution in [0.3, 0.4) is 0 Å². The third-order valence-electron chi connectivity index (χ3n) is 4.45. The quantitative estimate of drug-likeness (QED) is 0.549. The maximum atomic E-state index is 14.0. The molecule has 0 saturated heterocycles. The van der Waals surface area contributed by atoms with Crippen LogP contribution in [0.2, 0.25) is 0 Å². The number of rotatable bonds is 2. The van der Waals surface area contributed by atoms with Gasteiger partial charge in [-0.1, -0.05) is 47.5 Å². The molecule has 0 aromatic heterocycles. The summed E-state index contributed by atoms with van der Waals surface area (Å²) in [7, 11) is 0. The first kappa shape index (κ1) is 19.3. The van der Waals surface area contributed by atoms with E-state index >= 15 is 0 Å². The summed E-state index contributed by atoms with van der Waals surface area (Å²) in [5.41, 5.74) is -4.01. The van der Waals surface area contributed by atoms with Crippen LogP contribution < -0.4 is 0 Å². The highest BCUT2D eigenvalue weighted by molar-refractivity contribution is 5.48. The van der Waals surface area contributed by atoms with Crippen molar-refractivity contribution in [3.05, 3.63) is 69.8 Å². The van der Waals surface area contributed by atoms with Crippen LogP contribution >= 0.6 is 0 Å². The van der Waals surface area contributed by atoms with Crippen molar-refractivity contribution in [1.82, 2.24) is 0 Å². The van der Waals surface area contributed by atoms with E-state index in [1.165, 1.54) is 26.8 Å². The predicted octanol–water partition coefficient (Wildman–Crippen LogP) is 6.33. The molecule has 0 unspecified atom stereocenters. The van der Waals surface area contributed by atoms with Gasteiger partial charge in [-0.2, -0.15) is 26.3 Å². The summed E-state index contributed by atoms with van der Waals surface area (Å²) in [6, 6.07) is 6.66. The third kappa shape index (κ3) is 3.14. The van der Waals surface area contributed by atoms with Gasteiger partial charge in [-0.25, -0.2) is 0 Å². The van der Waals surface area contributed by atoms with E-state index in [9.17, 15) is 26.3 Å². The molecule has 0 amide bonds. The van der Waals surface area contributed by atoms with Crippen LogP contribution in [0.5, 0.6) is 0 Å². The van der Waals surface area contributed by atoms with Gasteiger partial charge in [0.15, 0.2) is 0 Å². The number of aryl methyl sites for hydroxylation is 4. The summed E-state index contributed by atoms with van der Waals surface area (Å²) in [6.45, 7) is 6.10. The summed E-state index contributed by atoms with van der Waals surface area (Å²) >= 11 is 0.